The molecule has 2 aliphatic heterocycles. The highest BCUT2D eigenvalue weighted by Gasteiger charge is 2.27. The largest absolute Gasteiger partial charge is 0.347 e. The second-order valence-corrected chi connectivity index (χ2v) is 8.89. The van der Waals surface area contributed by atoms with Crippen LogP contribution in [0.3, 0.4) is 0 Å². The predicted molar refractivity (Wildman–Crippen MR) is 121 cm³/mol. The number of benzene rings is 2. The highest BCUT2D eigenvalue weighted by Crippen LogP contribution is 2.29. The maximum atomic E-state index is 4.86. The first-order valence-electron chi connectivity index (χ1n) is 10.9. The molecule has 150 valence electrons. The van der Waals surface area contributed by atoms with Gasteiger partial charge in [0.2, 0.25) is 5.13 Å². The van der Waals surface area contributed by atoms with Crippen LogP contribution in [0.2, 0.25) is 0 Å². The number of anilines is 1. The third-order valence-corrected chi connectivity index (χ3v) is 7.08. The molecule has 2 aromatic carbocycles. The molecule has 0 aliphatic carbocycles. The van der Waals surface area contributed by atoms with Gasteiger partial charge in [0, 0.05) is 36.2 Å². The van der Waals surface area contributed by atoms with Crippen LogP contribution in [0.15, 0.2) is 54.6 Å². The third-order valence-electron chi connectivity index (χ3n) is 6.31. The summed E-state index contributed by atoms with van der Waals surface area (Å²) >= 11 is 1.54. The number of rotatable bonds is 4. The van der Waals surface area contributed by atoms with Crippen molar-refractivity contribution >= 4 is 16.7 Å². The van der Waals surface area contributed by atoms with Crippen LogP contribution in [0.1, 0.15) is 32.1 Å². The van der Waals surface area contributed by atoms with E-state index in [0.29, 0.717) is 0 Å². The van der Waals surface area contributed by atoms with Gasteiger partial charge in [-0.25, -0.2) is 0 Å². The van der Waals surface area contributed by atoms with Crippen molar-refractivity contribution in [2.24, 2.45) is 0 Å². The van der Waals surface area contributed by atoms with Crippen LogP contribution >= 0.6 is 11.5 Å². The van der Waals surface area contributed by atoms with E-state index in [9.17, 15) is 0 Å². The standard InChI is InChI=1S/C24H28N4S/c1-3-7-19(8-4-1)20-9-11-21(12-10-20)23-25-24(29-26-23)28-17-13-22(14-18-28)27-15-5-2-6-16-27/h1,3-4,7-12,22H,2,5-6,13-18H2. The van der Waals surface area contributed by atoms with Crippen molar-refractivity contribution in [3.63, 3.8) is 0 Å². The molecule has 2 aliphatic rings. The fraction of sp³-hybridized carbons (Fsp3) is 0.417. The summed E-state index contributed by atoms with van der Waals surface area (Å²) in [6.07, 6.45) is 6.67. The molecule has 0 bridgehead atoms. The van der Waals surface area contributed by atoms with Crippen LogP contribution in [0.4, 0.5) is 5.13 Å². The molecule has 0 saturated carbocycles. The molecule has 29 heavy (non-hydrogen) atoms. The summed E-state index contributed by atoms with van der Waals surface area (Å²) < 4.78 is 4.65. The summed E-state index contributed by atoms with van der Waals surface area (Å²) in [5.74, 6) is 0.850. The van der Waals surface area contributed by atoms with E-state index in [1.165, 1.54) is 67.9 Å². The van der Waals surface area contributed by atoms with Gasteiger partial charge >= 0.3 is 0 Å². The molecule has 4 nitrogen and oxygen atoms in total. The van der Waals surface area contributed by atoms with Crippen molar-refractivity contribution in [1.29, 1.82) is 0 Å². The molecule has 1 aromatic heterocycles. The van der Waals surface area contributed by atoms with Crippen molar-refractivity contribution < 1.29 is 0 Å². The number of hydrogen-bond donors (Lipinski definition) is 0. The summed E-state index contributed by atoms with van der Waals surface area (Å²) in [6, 6.07) is 19.8. The first-order valence-corrected chi connectivity index (χ1v) is 11.6. The van der Waals surface area contributed by atoms with Gasteiger partial charge < -0.3 is 9.80 Å². The molecule has 0 amide bonds. The van der Waals surface area contributed by atoms with Crippen molar-refractivity contribution in [3.05, 3.63) is 54.6 Å². The van der Waals surface area contributed by atoms with Gasteiger partial charge in [0.05, 0.1) is 0 Å². The number of piperidine rings is 2. The Morgan fingerprint density at radius 1 is 0.724 bits per heavy atom. The minimum Gasteiger partial charge on any atom is -0.347 e. The average molecular weight is 405 g/mol. The molecule has 3 aromatic rings. The van der Waals surface area contributed by atoms with E-state index in [-0.39, 0.29) is 0 Å². The number of hydrogen-bond acceptors (Lipinski definition) is 5. The average Bonchev–Trinajstić information content (AvgIpc) is 3.31. The maximum absolute atomic E-state index is 4.86. The molecule has 2 saturated heterocycles. The number of likely N-dealkylation sites (tertiary alicyclic amines) is 1. The highest BCUT2D eigenvalue weighted by molar-refractivity contribution is 7.09. The van der Waals surface area contributed by atoms with Gasteiger partial charge in [-0.3, -0.25) is 0 Å². The molecule has 5 heteroatoms. The zero-order chi connectivity index (χ0) is 19.5. The van der Waals surface area contributed by atoms with Gasteiger partial charge in [-0.1, -0.05) is 61.0 Å². The van der Waals surface area contributed by atoms with E-state index < -0.39 is 0 Å². The molecule has 3 heterocycles. The van der Waals surface area contributed by atoms with Crippen LogP contribution in [0, 0.1) is 0 Å². The van der Waals surface area contributed by atoms with E-state index in [0.717, 1.165) is 35.7 Å². The summed E-state index contributed by atoms with van der Waals surface area (Å²) in [6.45, 7) is 4.80. The van der Waals surface area contributed by atoms with Crippen LogP contribution in [-0.2, 0) is 0 Å². The Bertz CT molecular complexity index is 908. The first-order chi connectivity index (χ1) is 14.4. The summed E-state index contributed by atoms with van der Waals surface area (Å²) in [4.78, 5) is 10.0. The molecule has 0 N–H and O–H groups in total. The Kier molecular flexibility index (Phi) is 5.59. The van der Waals surface area contributed by atoms with E-state index in [4.69, 9.17) is 4.98 Å². The number of nitrogens with zero attached hydrogens (tertiary/aromatic N) is 4. The van der Waals surface area contributed by atoms with Gasteiger partial charge in [0.15, 0.2) is 5.82 Å². The minimum absolute atomic E-state index is 0.768. The summed E-state index contributed by atoms with van der Waals surface area (Å²) in [7, 11) is 0. The molecule has 2 fully saturated rings. The van der Waals surface area contributed by atoms with E-state index in [1.54, 1.807) is 0 Å². The normalized spacial score (nSPS) is 18.8. The third kappa shape index (κ3) is 4.21. The first kappa shape index (κ1) is 18.8. The van der Waals surface area contributed by atoms with Gasteiger partial charge in [0.25, 0.3) is 0 Å². The Balaban J connectivity index is 1.23. The lowest BCUT2D eigenvalue weighted by molar-refractivity contribution is 0.141. The Morgan fingerprint density at radius 3 is 2.10 bits per heavy atom. The second kappa shape index (κ2) is 8.64. The molecular formula is C24H28N4S. The zero-order valence-electron chi connectivity index (χ0n) is 16.8. The fourth-order valence-electron chi connectivity index (χ4n) is 4.61. The van der Waals surface area contributed by atoms with Gasteiger partial charge in [-0.2, -0.15) is 9.36 Å². The van der Waals surface area contributed by atoms with Crippen LogP contribution in [0.25, 0.3) is 22.5 Å². The van der Waals surface area contributed by atoms with Crippen molar-refractivity contribution in [3.8, 4) is 22.5 Å². The minimum atomic E-state index is 0.768. The van der Waals surface area contributed by atoms with E-state index in [1.807, 2.05) is 6.07 Å². The van der Waals surface area contributed by atoms with Gasteiger partial charge in [-0.05, 0) is 49.9 Å². The smallest absolute Gasteiger partial charge is 0.205 e. The molecular weight excluding hydrogens is 376 g/mol. The lowest BCUT2D eigenvalue weighted by Crippen LogP contribution is -2.46. The molecule has 0 radical (unpaired) electrons. The quantitative estimate of drug-likeness (QED) is 0.588. The molecule has 5 rings (SSSR count). The summed E-state index contributed by atoms with van der Waals surface area (Å²) in [5, 5.41) is 1.07. The predicted octanol–water partition coefficient (Wildman–Crippen LogP) is 5.33. The number of aromatic nitrogens is 2. The van der Waals surface area contributed by atoms with Crippen molar-refractivity contribution in [2.45, 2.75) is 38.1 Å². The summed E-state index contributed by atoms with van der Waals surface area (Å²) in [5.41, 5.74) is 3.56. The second-order valence-electron chi connectivity index (χ2n) is 8.16. The molecule has 0 atom stereocenters. The van der Waals surface area contributed by atoms with Gasteiger partial charge in [0.1, 0.15) is 0 Å². The SMILES string of the molecule is c1ccc(-c2ccc(-c3nsc(N4CCC(N5CCCCC5)CC4)n3)cc2)cc1. The lowest BCUT2D eigenvalue weighted by Gasteiger charge is -2.40. The van der Waals surface area contributed by atoms with Crippen LogP contribution < -0.4 is 4.90 Å². The topological polar surface area (TPSA) is 32.3 Å². The van der Waals surface area contributed by atoms with Crippen molar-refractivity contribution in [2.75, 3.05) is 31.1 Å². The molecule has 0 unspecified atom stereocenters. The van der Waals surface area contributed by atoms with Crippen molar-refractivity contribution in [1.82, 2.24) is 14.3 Å². The monoisotopic (exact) mass is 404 g/mol. The zero-order valence-corrected chi connectivity index (χ0v) is 17.7. The Hall–Kier alpha value is -2.24. The van der Waals surface area contributed by atoms with Gasteiger partial charge in [-0.15, -0.1) is 0 Å². The Labute approximate surface area is 177 Å². The lowest BCUT2D eigenvalue weighted by atomic mass is 10.0. The Morgan fingerprint density at radius 2 is 1.38 bits per heavy atom. The van der Waals surface area contributed by atoms with E-state index >= 15 is 0 Å². The van der Waals surface area contributed by atoms with E-state index in [2.05, 4.69) is 62.7 Å². The fourth-order valence-corrected chi connectivity index (χ4v) is 5.35. The molecule has 0 spiro atoms. The highest BCUT2D eigenvalue weighted by atomic mass is 32.1. The van der Waals surface area contributed by atoms with Crippen LogP contribution in [0.5, 0.6) is 0 Å². The maximum Gasteiger partial charge on any atom is 0.205 e. The van der Waals surface area contributed by atoms with Crippen LogP contribution in [-0.4, -0.2) is 46.5 Å².